The Balaban J connectivity index is 1.58. The molecule has 0 saturated carbocycles. The van der Waals surface area contributed by atoms with E-state index < -0.39 is 11.6 Å². The third-order valence-corrected chi connectivity index (χ3v) is 3.82. The number of rotatable bonds is 3. The van der Waals surface area contributed by atoms with Gasteiger partial charge in [0.1, 0.15) is 11.9 Å². The first-order valence-corrected chi connectivity index (χ1v) is 7.64. The number of aryl methyl sites for hydroxylation is 1. The van der Waals surface area contributed by atoms with Crippen LogP contribution in [0.3, 0.4) is 0 Å². The second kappa shape index (κ2) is 6.88. The fourth-order valence-electron chi connectivity index (χ4n) is 2.51. The van der Waals surface area contributed by atoms with Crippen LogP contribution >= 0.6 is 0 Å². The zero-order valence-electron chi connectivity index (χ0n) is 13.4. The fourth-order valence-corrected chi connectivity index (χ4v) is 2.51. The summed E-state index contributed by atoms with van der Waals surface area (Å²) < 4.78 is 32.8. The minimum absolute atomic E-state index is 0.214. The first-order chi connectivity index (χ1) is 11.9. The molecule has 132 valence electrons. The van der Waals surface area contributed by atoms with E-state index in [0.29, 0.717) is 19.5 Å². The summed E-state index contributed by atoms with van der Waals surface area (Å²) >= 11 is 0. The van der Waals surface area contributed by atoms with Gasteiger partial charge in [-0.25, -0.2) is 18.3 Å². The lowest BCUT2D eigenvalue weighted by Crippen LogP contribution is -2.35. The van der Waals surface area contributed by atoms with E-state index in [4.69, 9.17) is 4.74 Å². The molecule has 7 nitrogen and oxygen atoms in total. The minimum Gasteiger partial charge on any atom is -0.488 e. The van der Waals surface area contributed by atoms with Gasteiger partial charge in [-0.05, 0) is 18.2 Å². The van der Waals surface area contributed by atoms with Gasteiger partial charge in [-0.3, -0.25) is 10.1 Å². The van der Waals surface area contributed by atoms with E-state index >= 15 is 0 Å². The third-order valence-electron chi connectivity index (χ3n) is 3.82. The van der Waals surface area contributed by atoms with Crippen LogP contribution < -0.4 is 15.6 Å². The number of likely N-dealkylation sites (tertiary alicyclic amines) is 1. The molecule has 1 aliphatic heterocycles. The maximum atomic E-state index is 13.2. The van der Waals surface area contributed by atoms with E-state index in [1.807, 2.05) is 0 Å². The number of benzene rings is 1. The summed E-state index contributed by atoms with van der Waals surface area (Å²) in [6, 6.07) is 5.67. The molecule has 9 heteroatoms. The van der Waals surface area contributed by atoms with Crippen LogP contribution in [0.1, 0.15) is 6.42 Å². The highest BCUT2D eigenvalue weighted by atomic mass is 19.2. The average molecular weight is 350 g/mol. The molecule has 2 aromatic rings. The summed E-state index contributed by atoms with van der Waals surface area (Å²) in [5.41, 5.74) is -0.279. The number of ether oxygens (including phenoxy) is 1. The van der Waals surface area contributed by atoms with Crippen molar-refractivity contribution in [2.24, 2.45) is 7.05 Å². The van der Waals surface area contributed by atoms with Crippen molar-refractivity contribution in [3.8, 4) is 5.75 Å². The highest BCUT2D eigenvalue weighted by Crippen LogP contribution is 2.21. The lowest BCUT2D eigenvalue weighted by molar-refractivity contribution is 0.194. The molecule has 0 bridgehead atoms. The number of carbonyl (C=O) groups excluding carboxylic acids is 1. The van der Waals surface area contributed by atoms with Gasteiger partial charge in [-0.15, -0.1) is 0 Å². The number of anilines is 1. The van der Waals surface area contributed by atoms with Gasteiger partial charge in [0.05, 0.1) is 6.54 Å². The van der Waals surface area contributed by atoms with E-state index in [1.54, 1.807) is 0 Å². The molecular weight excluding hydrogens is 334 g/mol. The standard InChI is InChI=1S/C16H16F2N4O3/c1-21-15(23)5-4-14(20-21)19-16(24)22-7-6-11(9-22)25-10-2-3-12(17)13(18)8-10/h2-5,8,11H,6-7,9H2,1H3,(H,19,20,24)/t11-/m1/s1. The van der Waals surface area contributed by atoms with Crippen molar-refractivity contribution >= 4 is 11.8 Å². The van der Waals surface area contributed by atoms with Gasteiger partial charge in [0.25, 0.3) is 5.56 Å². The Morgan fingerprint density at radius 3 is 2.80 bits per heavy atom. The van der Waals surface area contributed by atoms with Crippen LogP contribution in [0.5, 0.6) is 5.75 Å². The molecule has 25 heavy (non-hydrogen) atoms. The molecular formula is C16H16F2N4O3. The third kappa shape index (κ3) is 3.93. The average Bonchev–Trinajstić information content (AvgIpc) is 3.03. The maximum absolute atomic E-state index is 13.2. The largest absolute Gasteiger partial charge is 0.488 e. The van der Waals surface area contributed by atoms with Gasteiger partial charge in [0.15, 0.2) is 17.5 Å². The van der Waals surface area contributed by atoms with E-state index in [0.717, 1.165) is 16.8 Å². The van der Waals surface area contributed by atoms with E-state index in [1.165, 1.54) is 30.1 Å². The molecule has 0 spiro atoms. The number of aromatic nitrogens is 2. The lowest BCUT2D eigenvalue weighted by atomic mass is 10.3. The normalized spacial score (nSPS) is 16.8. The first kappa shape index (κ1) is 16.9. The molecule has 2 heterocycles. The predicted molar refractivity (Wildman–Crippen MR) is 85.5 cm³/mol. The summed E-state index contributed by atoms with van der Waals surface area (Å²) in [4.78, 5) is 25.0. The van der Waals surface area contributed by atoms with Crippen LogP contribution in [0, 0.1) is 11.6 Å². The van der Waals surface area contributed by atoms with Crippen LogP contribution in [0.25, 0.3) is 0 Å². The van der Waals surface area contributed by atoms with Crippen LogP contribution in [-0.4, -0.2) is 39.9 Å². The zero-order chi connectivity index (χ0) is 18.0. The number of carbonyl (C=O) groups is 1. The van der Waals surface area contributed by atoms with E-state index in [-0.39, 0.29) is 29.3 Å². The molecule has 1 aliphatic rings. The van der Waals surface area contributed by atoms with Crippen molar-refractivity contribution in [2.45, 2.75) is 12.5 Å². The monoisotopic (exact) mass is 350 g/mol. The first-order valence-electron chi connectivity index (χ1n) is 7.64. The number of urea groups is 1. The van der Waals surface area contributed by atoms with Gasteiger partial charge in [0.2, 0.25) is 0 Å². The second-order valence-corrected chi connectivity index (χ2v) is 5.66. The van der Waals surface area contributed by atoms with Gasteiger partial charge in [0, 0.05) is 32.1 Å². The Morgan fingerprint density at radius 2 is 2.08 bits per heavy atom. The Bertz CT molecular complexity index is 856. The van der Waals surface area contributed by atoms with Crippen molar-refractivity contribution in [3.63, 3.8) is 0 Å². The second-order valence-electron chi connectivity index (χ2n) is 5.66. The molecule has 1 atom stereocenters. The molecule has 1 N–H and O–H groups in total. The molecule has 0 unspecified atom stereocenters. The zero-order valence-corrected chi connectivity index (χ0v) is 13.4. The number of amides is 2. The molecule has 1 saturated heterocycles. The highest BCUT2D eigenvalue weighted by Gasteiger charge is 2.28. The molecule has 0 radical (unpaired) electrons. The minimum atomic E-state index is -0.981. The summed E-state index contributed by atoms with van der Waals surface area (Å²) in [5, 5.41) is 6.53. The Morgan fingerprint density at radius 1 is 1.28 bits per heavy atom. The summed E-state index contributed by atoms with van der Waals surface area (Å²) in [7, 11) is 1.49. The van der Waals surface area contributed by atoms with Gasteiger partial charge in [-0.2, -0.15) is 5.10 Å². The van der Waals surface area contributed by atoms with E-state index in [9.17, 15) is 18.4 Å². The van der Waals surface area contributed by atoms with Crippen LogP contribution in [-0.2, 0) is 7.05 Å². The number of hydrogen-bond acceptors (Lipinski definition) is 4. The molecule has 2 amide bonds. The summed E-state index contributed by atoms with van der Waals surface area (Å²) in [6.45, 7) is 0.753. The van der Waals surface area contributed by atoms with Gasteiger partial charge in [-0.1, -0.05) is 0 Å². The number of nitrogens with one attached hydrogen (secondary N) is 1. The van der Waals surface area contributed by atoms with Crippen molar-refractivity contribution in [1.82, 2.24) is 14.7 Å². The molecule has 1 fully saturated rings. The SMILES string of the molecule is Cn1nc(NC(=O)N2CC[C@@H](Oc3ccc(F)c(F)c3)C2)ccc1=O. The van der Waals surface area contributed by atoms with Crippen molar-refractivity contribution in [2.75, 3.05) is 18.4 Å². The molecule has 1 aromatic heterocycles. The van der Waals surface area contributed by atoms with Crippen molar-refractivity contribution < 1.29 is 18.3 Å². The number of hydrogen-bond donors (Lipinski definition) is 1. The predicted octanol–water partition coefficient (Wildman–Crippen LogP) is 1.74. The topological polar surface area (TPSA) is 76.5 Å². The Labute approximate surface area is 141 Å². The van der Waals surface area contributed by atoms with Crippen molar-refractivity contribution in [1.29, 1.82) is 0 Å². The molecule has 0 aliphatic carbocycles. The van der Waals surface area contributed by atoms with E-state index in [2.05, 4.69) is 10.4 Å². The highest BCUT2D eigenvalue weighted by molar-refractivity contribution is 5.88. The number of nitrogens with zero attached hydrogens (tertiary/aromatic N) is 3. The van der Waals surface area contributed by atoms with Gasteiger partial charge < -0.3 is 9.64 Å². The van der Waals surface area contributed by atoms with Crippen LogP contribution in [0.2, 0.25) is 0 Å². The van der Waals surface area contributed by atoms with Crippen LogP contribution in [0.4, 0.5) is 19.4 Å². The fraction of sp³-hybridized carbons (Fsp3) is 0.312. The summed E-state index contributed by atoms with van der Waals surface area (Å²) in [6.07, 6.45) is 0.247. The lowest BCUT2D eigenvalue weighted by Gasteiger charge is -2.17. The Kier molecular flexibility index (Phi) is 4.64. The molecule has 1 aromatic carbocycles. The molecule has 3 rings (SSSR count). The van der Waals surface area contributed by atoms with Gasteiger partial charge >= 0.3 is 6.03 Å². The quantitative estimate of drug-likeness (QED) is 0.915. The summed E-state index contributed by atoms with van der Waals surface area (Å²) in [5.74, 6) is -1.45. The number of halogens is 2. The van der Waals surface area contributed by atoms with Crippen LogP contribution in [0.15, 0.2) is 35.1 Å². The van der Waals surface area contributed by atoms with Crippen molar-refractivity contribution in [3.05, 3.63) is 52.3 Å². The smallest absolute Gasteiger partial charge is 0.323 e. The Hall–Kier alpha value is -2.97. The maximum Gasteiger partial charge on any atom is 0.323 e.